The van der Waals surface area contributed by atoms with Crippen molar-refractivity contribution in [1.29, 1.82) is 0 Å². The molecule has 5 rings (SSSR count). The lowest BCUT2D eigenvalue weighted by atomic mass is 9.90. The molecule has 238 valence electrons. The fraction of sp³-hybridized carbons (Fsp3) is 0.206. The molecule has 0 aliphatic heterocycles. The zero-order valence-electron chi connectivity index (χ0n) is 24.6. The highest BCUT2D eigenvalue weighted by molar-refractivity contribution is 7.91. The first kappa shape index (κ1) is 32.6. The highest BCUT2D eigenvalue weighted by atomic mass is 32.2. The number of ether oxygens (including phenoxy) is 1. The van der Waals surface area contributed by atoms with Gasteiger partial charge in [-0.1, -0.05) is 54.6 Å². The molecule has 12 heteroatoms. The summed E-state index contributed by atoms with van der Waals surface area (Å²) in [4.78, 5) is 21.1. The molecule has 3 aromatic carbocycles. The fourth-order valence-electron chi connectivity index (χ4n) is 5.12. The largest absolute Gasteiger partial charge is 0.494 e. The molecule has 0 N–H and O–H groups in total. The van der Waals surface area contributed by atoms with Gasteiger partial charge in [-0.3, -0.25) is 4.79 Å². The summed E-state index contributed by atoms with van der Waals surface area (Å²) in [5.41, 5.74) is -0.332. The SMILES string of the molecule is COc1ccc(Cn2cccc(-c3cc(C(F)F)nc(S(=O)(=O)CCC(Cc4ccccc4F)c4ccccc4)n3)c2=O)cc1F. The number of hydrogen-bond acceptors (Lipinski definition) is 6. The first-order valence-corrected chi connectivity index (χ1v) is 15.9. The first-order valence-electron chi connectivity index (χ1n) is 14.3. The van der Waals surface area contributed by atoms with E-state index in [9.17, 15) is 30.8 Å². The number of alkyl halides is 2. The van der Waals surface area contributed by atoms with Crippen molar-refractivity contribution in [3.05, 3.63) is 142 Å². The molecule has 5 aromatic rings. The molecular weight excluding hydrogens is 622 g/mol. The molecule has 0 aliphatic carbocycles. The van der Waals surface area contributed by atoms with E-state index in [2.05, 4.69) is 9.97 Å². The maximum absolute atomic E-state index is 14.5. The molecule has 0 bridgehead atoms. The van der Waals surface area contributed by atoms with Crippen molar-refractivity contribution in [2.24, 2.45) is 0 Å². The van der Waals surface area contributed by atoms with Crippen molar-refractivity contribution in [3.63, 3.8) is 0 Å². The summed E-state index contributed by atoms with van der Waals surface area (Å²) in [5.74, 6) is -1.96. The molecule has 0 amide bonds. The van der Waals surface area contributed by atoms with Crippen LogP contribution in [0, 0.1) is 11.6 Å². The molecule has 46 heavy (non-hydrogen) atoms. The third kappa shape index (κ3) is 7.51. The second-order valence-electron chi connectivity index (χ2n) is 10.6. The van der Waals surface area contributed by atoms with E-state index in [0.29, 0.717) is 11.1 Å². The Morgan fingerprint density at radius 2 is 1.61 bits per heavy atom. The Kier molecular flexibility index (Phi) is 9.96. The van der Waals surface area contributed by atoms with Gasteiger partial charge in [0.1, 0.15) is 11.5 Å². The number of halogens is 4. The summed E-state index contributed by atoms with van der Waals surface area (Å²) in [6, 6.07) is 23.1. The number of benzene rings is 3. The average Bonchev–Trinajstić information content (AvgIpc) is 3.05. The normalized spacial score (nSPS) is 12.3. The summed E-state index contributed by atoms with van der Waals surface area (Å²) >= 11 is 0. The van der Waals surface area contributed by atoms with Crippen LogP contribution >= 0.6 is 0 Å². The lowest BCUT2D eigenvalue weighted by Gasteiger charge is -2.18. The van der Waals surface area contributed by atoms with E-state index < -0.39 is 56.0 Å². The van der Waals surface area contributed by atoms with Crippen molar-refractivity contribution in [1.82, 2.24) is 14.5 Å². The Balaban J connectivity index is 1.46. The van der Waals surface area contributed by atoms with Crippen LogP contribution in [0.1, 0.15) is 41.1 Å². The standard InChI is InChI=1S/C34H29F4N3O4S/c1-45-31-14-13-22(18-28(31)36)21-41-16-7-11-26(33(41)42)29-20-30(32(37)38)40-34(39-29)46(43,44)17-15-24(23-8-3-2-4-9-23)19-25-10-5-6-12-27(25)35/h2-14,16,18,20,24,32H,15,17,19,21H2,1H3. The Hall–Kier alpha value is -4.84. The summed E-state index contributed by atoms with van der Waals surface area (Å²) in [5, 5.41) is -0.843. The Bertz CT molecular complexity index is 2000. The molecule has 2 aromatic heterocycles. The van der Waals surface area contributed by atoms with Crippen LogP contribution in [-0.4, -0.2) is 35.8 Å². The van der Waals surface area contributed by atoms with Crippen LogP contribution in [0.25, 0.3) is 11.3 Å². The molecule has 0 fully saturated rings. The van der Waals surface area contributed by atoms with Gasteiger partial charge in [0, 0.05) is 6.20 Å². The van der Waals surface area contributed by atoms with E-state index >= 15 is 0 Å². The second-order valence-corrected chi connectivity index (χ2v) is 12.6. The third-order valence-electron chi connectivity index (χ3n) is 7.52. The van der Waals surface area contributed by atoms with Crippen LogP contribution in [0.3, 0.4) is 0 Å². The molecule has 0 saturated heterocycles. The lowest BCUT2D eigenvalue weighted by Crippen LogP contribution is -2.22. The smallest absolute Gasteiger partial charge is 0.280 e. The summed E-state index contributed by atoms with van der Waals surface area (Å²) < 4.78 is 89.9. The van der Waals surface area contributed by atoms with E-state index in [-0.39, 0.29) is 36.4 Å². The molecule has 7 nitrogen and oxygen atoms in total. The quantitative estimate of drug-likeness (QED) is 0.109. The van der Waals surface area contributed by atoms with Crippen LogP contribution < -0.4 is 10.3 Å². The van der Waals surface area contributed by atoms with Gasteiger partial charge >= 0.3 is 0 Å². The van der Waals surface area contributed by atoms with Crippen LogP contribution in [0.5, 0.6) is 5.75 Å². The molecule has 0 saturated carbocycles. The van der Waals surface area contributed by atoms with Gasteiger partial charge in [0.2, 0.25) is 15.0 Å². The van der Waals surface area contributed by atoms with Gasteiger partial charge in [-0.25, -0.2) is 35.9 Å². The maximum Gasteiger partial charge on any atom is 0.280 e. The Morgan fingerprint density at radius 1 is 0.870 bits per heavy atom. The fourth-order valence-corrected chi connectivity index (χ4v) is 6.38. The van der Waals surface area contributed by atoms with Crippen LogP contribution in [-0.2, 0) is 22.8 Å². The molecular formula is C34H29F4N3O4S. The molecule has 0 aliphatic rings. The molecule has 0 radical (unpaired) electrons. The molecule has 2 heterocycles. The van der Waals surface area contributed by atoms with Crippen molar-refractivity contribution in [2.45, 2.75) is 36.9 Å². The highest BCUT2D eigenvalue weighted by Gasteiger charge is 2.26. The summed E-state index contributed by atoms with van der Waals surface area (Å²) in [6.45, 7) is -0.0611. The summed E-state index contributed by atoms with van der Waals surface area (Å²) in [6.07, 6.45) is -1.49. The number of nitrogens with zero attached hydrogens (tertiary/aromatic N) is 3. The van der Waals surface area contributed by atoms with Crippen LogP contribution in [0.4, 0.5) is 17.6 Å². The van der Waals surface area contributed by atoms with E-state index in [4.69, 9.17) is 4.74 Å². The van der Waals surface area contributed by atoms with Crippen molar-refractivity contribution in [3.8, 4) is 17.0 Å². The Morgan fingerprint density at radius 3 is 2.30 bits per heavy atom. The minimum absolute atomic E-state index is 0.0227. The topological polar surface area (TPSA) is 91.2 Å². The minimum atomic E-state index is -4.35. The number of hydrogen-bond donors (Lipinski definition) is 0. The van der Waals surface area contributed by atoms with E-state index in [1.165, 1.54) is 48.2 Å². The average molecular weight is 652 g/mol. The van der Waals surface area contributed by atoms with Gasteiger partial charge in [0.25, 0.3) is 12.0 Å². The minimum Gasteiger partial charge on any atom is -0.494 e. The number of rotatable bonds is 12. The predicted octanol–water partition coefficient (Wildman–Crippen LogP) is 6.77. The van der Waals surface area contributed by atoms with E-state index in [1.54, 1.807) is 42.5 Å². The van der Waals surface area contributed by atoms with Gasteiger partial charge in [-0.15, -0.1) is 0 Å². The monoisotopic (exact) mass is 651 g/mol. The van der Waals surface area contributed by atoms with Gasteiger partial charge in [-0.2, -0.15) is 0 Å². The molecule has 1 unspecified atom stereocenters. The predicted molar refractivity (Wildman–Crippen MR) is 165 cm³/mol. The molecule has 1 atom stereocenters. The highest BCUT2D eigenvalue weighted by Crippen LogP contribution is 2.29. The van der Waals surface area contributed by atoms with Gasteiger partial charge in [-0.05, 0) is 71.8 Å². The number of methoxy groups -OCH3 is 1. The van der Waals surface area contributed by atoms with Crippen LogP contribution in [0.2, 0.25) is 0 Å². The van der Waals surface area contributed by atoms with Crippen molar-refractivity contribution in [2.75, 3.05) is 12.9 Å². The summed E-state index contributed by atoms with van der Waals surface area (Å²) in [7, 11) is -3.02. The third-order valence-corrected chi connectivity index (χ3v) is 9.03. The lowest BCUT2D eigenvalue weighted by molar-refractivity contribution is 0.145. The Labute approximate surface area is 263 Å². The van der Waals surface area contributed by atoms with Crippen molar-refractivity contribution < 1.29 is 30.7 Å². The number of aromatic nitrogens is 3. The first-order chi connectivity index (χ1) is 22.1. The maximum atomic E-state index is 14.5. The molecule has 0 spiro atoms. The van der Waals surface area contributed by atoms with Crippen LogP contribution in [0.15, 0.2) is 107 Å². The van der Waals surface area contributed by atoms with Crippen molar-refractivity contribution >= 4 is 9.84 Å². The zero-order chi connectivity index (χ0) is 32.8. The van der Waals surface area contributed by atoms with Gasteiger partial charge < -0.3 is 9.30 Å². The van der Waals surface area contributed by atoms with E-state index in [0.717, 1.165) is 11.6 Å². The van der Waals surface area contributed by atoms with Gasteiger partial charge in [0.15, 0.2) is 11.6 Å². The number of sulfone groups is 1. The van der Waals surface area contributed by atoms with Gasteiger partial charge in [0.05, 0.1) is 30.7 Å². The van der Waals surface area contributed by atoms with E-state index in [1.807, 2.05) is 12.1 Å². The number of pyridine rings is 1. The second kappa shape index (κ2) is 14.1. The zero-order valence-corrected chi connectivity index (χ0v) is 25.4.